The first-order chi connectivity index (χ1) is 8.99. The molecule has 2 N–H and O–H groups in total. The number of nitrogen functional groups attached to an aromatic ring is 1. The predicted octanol–water partition coefficient (Wildman–Crippen LogP) is 2.76. The summed E-state index contributed by atoms with van der Waals surface area (Å²) in [5.74, 6) is -1.15. The van der Waals surface area contributed by atoms with Crippen LogP contribution in [0.1, 0.15) is 16.1 Å². The summed E-state index contributed by atoms with van der Waals surface area (Å²) in [5.41, 5.74) is 6.55. The van der Waals surface area contributed by atoms with Gasteiger partial charge < -0.3 is 15.0 Å². The fourth-order valence-corrected chi connectivity index (χ4v) is 1.86. The summed E-state index contributed by atoms with van der Waals surface area (Å²) in [6.45, 7) is -0.184. The minimum Gasteiger partial charge on any atom is -0.456 e. The van der Waals surface area contributed by atoms with E-state index in [9.17, 15) is 9.18 Å². The number of aryl methyl sites for hydroxylation is 1. The van der Waals surface area contributed by atoms with Crippen molar-refractivity contribution < 1.29 is 13.9 Å². The Bertz CT molecular complexity index is 625. The van der Waals surface area contributed by atoms with Crippen LogP contribution in [-0.4, -0.2) is 10.5 Å². The van der Waals surface area contributed by atoms with Gasteiger partial charge in [-0.1, -0.05) is 23.7 Å². The average Bonchev–Trinajstić information content (AvgIpc) is 2.70. The molecule has 100 valence electrons. The topological polar surface area (TPSA) is 57.2 Å². The number of halogens is 2. The summed E-state index contributed by atoms with van der Waals surface area (Å²) in [5, 5.41) is -0.00309. The molecule has 1 aromatic carbocycles. The highest BCUT2D eigenvalue weighted by atomic mass is 35.5. The van der Waals surface area contributed by atoms with Crippen LogP contribution >= 0.6 is 11.6 Å². The minimum atomic E-state index is -0.580. The van der Waals surface area contributed by atoms with E-state index < -0.39 is 11.8 Å². The van der Waals surface area contributed by atoms with E-state index in [2.05, 4.69) is 0 Å². The second-order valence-corrected chi connectivity index (χ2v) is 4.47. The third kappa shape index (κ3) is 2.88. The van der Waals surface area contributed by atoms with Crippen LogP contribution in [0.2, 0.25) is 5.02 Å². The first-order valence-electron chi connectivity index (χ1n) is 5.51. The number of nitrogens with two attached hydrogens (primary N) is 1. The van der Waals surface area contributed by atoms with Gasteiger partial charge in [0, 0.05) is 18.8 Å². The Balaban J connectivity index is 2.09. The second-order valence-electron chi connectivity index (χ2n) is 4.06. The van der Waals surface area contributed by atoms with Crippen LogP contribution in [0.4, 0.5) is 10.1 Å². The van der Waals surface area contributed by atoms with E-state index in [1.165, 1.54) is 18.2 Å². The summed E-state index contributed by atoms with van der Waals surface area (Å²) in [7, 11) is 1.67. The van der Waals surface area contributed by atoms with Gasteiger partial charge >= 0.3 is 5.97 Å². The van der Waals surface area contributed by atoms with Gasteiger partial charge in [0.05, 0.1) is 10.7 Å². The Morgan fingerprint density at radius 3 is 2.89 bits per heavy atom. The maximum absolute atomic E-state index is 13.6. The van der Waals surface area contributed by atoms with Gasteiger partial charge in [-0.2, -0.15) is 0 Å². The van der Waals surface area contributed by atoms with Crippen LogP contribution in [-0.2, 0) is 18.4 Å². The summed E-state index contributed by atoms with van der Waals surface area (Å²) in [4.78, 5) is 11.8. The van der Waals surface area contributed by atoms with Gasteiger partial charge in [-0.05, 0) is 12.1 Å². The molecule has 2 rings (SSSR count). The smallest absolute Gasteiger partial charge is 0.355 e. The van der Waals surface area contributed by atoms with Crippen molar-refractivity contribution >= 4 is 23.3 Å². The molecule has 1 aromatic heterocycles. The summed E-state index contributed by atoms with van der Waals surface area (Å²) in [6, 6.07) is 6.03. The molecule has 0 aliphatic heterocycles. The molecule has 0 saturated carbocycles. The number of aromatic nitrogens is 1. The summed E-state index contributed by atoms with van der Waals surface area (Å²) >= 11 is 5.64. The summed E-state index contributed by atoms with van der Waals surface area (Å²) < 4.78 is 20.2. The maximum Gasteiger partial charge on any atom is 0.355 e. The number of benzene rings is 1. The highest BCUT2D eigenvalue weighted by Crippen LogP contribution is 2.19. The number of carbonyl (C=O) groups excluding carboxylic acids is 1. The Morgan fingerprint density at radius 2 is 2.26 bits per heavy atom. The number of carbonyl (C=O) groups is 1. The van der Waals surface area contributed by atoms with Crippen molar-refractivity contribution in [3.63, 3.8) is 0 Å². The van der Waals surface area contributed by atoms with Gasteiger partial charge in [0.15, 0.2) is 0 Å². The van der Waals surface area contributed by atoms with Crippen molar-refractivity contribution in [2.45, 2.75) is 6.61 Å². The first-order valence-corrected chi connectivity index (χ1v) is 5.88. The minimum absolute atomic E-state index is 0.00309. The molecule has 0 aliphatic carbocycles. The molecule has 0 aliphatic rings. The Morgan fingerprint density at radius 1 is 1.53 bits per heavy atom. The van der Waals surface area contributed by atoms with Gasteiger partial charge in [0.2, 0.25) is 0 Å². The molecule has 1 heterocycles. The van der Waals surface area contributed by atoms with E-state index in [0.717, 1.165) is 0 Å². The molecule has 6 heteroatoms. The molecule has 4 nitrogen and oxygen atoms in total. The van der Waals surface area contributed by atoms with Crippen LogP contribution in [0.25, 0.3) is 0 Å². The normalized spacial score (nSPS) is 10.5. The maximum atomic E-state index is 13.6. The van der Waals surface area contributed by atoms with E-state index in [4.69, 9.17) is 22.1 Å². The Kier molecular flexibility index (Phi) is 3.76. The molecular weight excluding hydrogens is 271 g/mol. The SMILES string of the molecule is Cn1cc(N)cc1C(=O)OCc1cccc(Cl)c1F. The number of anilines is 1. The highest BCUT2D eigenvalue weighted by Gasteiger charge is 2.14. The van der Waals surface area contributed by atoms with Gasteiger partial charge in [0.25, 0.3) is 0 Å². The van der Waals surface area contributed by atoms with Gasteiger partial charge in [-0.3, -0.25) is 0 Å². The lowest BCUT2D eigenvalue weighted by Gasteiger charge is -2.07. The van der Waals surface area contributed by atoms with Crippen LogP contribution in [0.3, 0.4) is 0 Å². The van der Waals surface area contributed by atoms with E-state index >= 15 is 0 Å². The van der Waals surface area contributed by atoms with Crippen molar-refractivity contribution in [2.24, 2.45) is 7.05 Å². The van der Waals surface area contributed by atoms with Crippen molar-refractivity contribution in [2.75, 3.05) is 5.73 Å². The van der Waals surface area contributed by atoms with E-state index in [1.807, 2.05) is 0 Å². The van der Waals surface area contributed by atoms with E-state index in [-0.39, 0.29) is 17.2 Å². The second kappa shape index (κ2) is 5.32. The van der Waals surface area contributed by atoms with Crippen LogP contribution < -0.4 is 5.73 Å². The Hall–Kier alpha value is -2.01. The molecule has 0 atom stereocenters. The standard InChI is InChI=1S/C13H12ClFN2O2/c1-17-6-9(16)5-11(17)13(18)19-7-8-3-2-4-10(14)12(8)15/h2-6H,7,16H2,1H3. The van der Waals surface area contributed by atoms with Crippen molar-refractivity contribution in [3.05, 3.63) is 52.6 Å². The quantitative estimate of drug-likeness (QED) is 0.881. The van der Waals surface area contributed by atoms with E-state index in [0.29, 0.717) is 11.4 Å². The molecule has 0 unspecified atom stereocenters. The molecule has 0 bridgehead atoms. The third-order valence-electron chi connectivity index (χ3n) is 2.63. The Labute approximate surface area is 114 Å². The molecule has 0 amide bonds. The fourth-order valence-electron chi connectivity index (χ4n) is 1.67. The first kappa shape index (κ1) is 13.4. The molecule has 0 radical (unpaired) electrons. The molecule has 0 saturated heterocycles. The zero-order valence-corrected chi connectivity index (χ0v) is 10.9. The third-order valence-corrected chi connectivity index (χ3v) is 2.92. The lowest BCUT2D eigenvalue weighted by Crippen LogP contribution is -2.10. The molecule has 2 aromatic rings. The number of ether oxygens (including phenoxy) is 1. The summed E-state index contributed by atoms with van der Waals surface area (Å²) in [6.07, 6.45) is 1.59. The average molecular weight is 283 g/mol. The van der Waals surface area contributed by atoms with Crippen LogP contribution in [0, 0.1) is 5.82 Å². The van der Waals surface area contributed by atoms with Crippen molar-refractivity contribution in [1.82, 2.24) is 4.57 Å². The lowest BCUT2D eigenvalue weighted by molar-refractivity contribution is 0.0458. The predicted molar refractivity (Wildman–Crippen MR) is 70.4 cm³/mol. The monoisotopic (exact) mass is 282 g/mol. The zero-order chi connectivity index (χ0) is 14.0. The van der Waals surface area contributed by atoms with Crippen molar-refractivity contribution in [1.29, 1.82) is 0 Å². The largest absolute Gasteiger partial charge is 0.456 e. The number of hydrogen-bond donors (Lipinski definition) is 1. The van der Waals surface area contributed by atoms with Gasteiger partial charge in [0.1, 0.15) is 18.1 Å². The molecular formula is C13H12ClFN2O2. The molecule has 19 heavy (non-hydrogen) atoms. The van der Waals surface area contributed by atoms with Crippen molar-refractivity contribution in [3.8, 4) is 0 Å². The highest BCUT2D eigenvalue weighted by molar-refractivity contribution is 6.30. The number of nitrogens with zero attached hydrogens (tertiary/aromatic N) is 1. The molecule has 0 fully saturated rings. The lowest BCUT2D eigenvalue weighted by atomic mass is 10.2. The van der Waals surface area contributed by atoms with Crippen LogP contribution in [0.5, 0.6) is 0 Å². The zero-order valence-electron chi connectivity index (χ0n) is 10.2. The van der Waals surface area contributed by atoms with Crippen LogP contribution in [0.15, 0.2) is 30.5 Å². The number of rotatable bonds is 3. The van der Waals surface area contributed by atoms with E-state index in [1.54, 1.807) is 23.9 Å². The van der Waals surface area contributed by atoms with Gasteiger partial charge in [-0.25, -0.2) is 9.18 Å². The number of hydrogen-bond acceptors (Lipinski definition) is 3. The van der Waals surface area contributed by atoms with Gasteiger partial charge in [-0.15, -0.1) is 0 Å². The fraction of sp³-hybridized carbons (Fsp3) is 0.154. The number of esters is 1. The molecule has 0 spiro atoms.